The number of phosphoric acid groups is 2. The maximum absolute atomic E-state index is 11.7. The summed E-state index contributed by atoms with van der Waals surface area (Å²) in [7, 11) is -10.2. The van der Waals surface area contributed by atoms with Crippen LogP contribution < -0.4 is 10.3 Å². The number of aliphatic hydroxyl groups excluding tert-OH is 1. The smallest absolute Gasteiger partial charge is 0.383 e. The van der Waals surface area contributed by atoms with Gasteiger partial charge in [0.05, 0.1) is 17.0 Å². The Labute approximate surface area is 205 Å². The fourth-order valence-electron chi connectivity index (χ4n) is 3.39. The van der Waals surface area contributed by atoms with Crippen molar-refractivity contribution in [3.8, 4) is 0 Å². The third-order valence-corrected chi connectivity index (χ3v) is 8.63. The lowest BCUT2D eigenvalue weighted by molar-refractivity contribution is -0.699. The van der Waals surface area contributed by atoms with Gasteiger partial charge in [0, 0.05) is 26.0 Å². The van der Waals surface area contributed by atoms with Crippen molar-refractivity contribution in [3.05, 3.63) is 69.1 Å². The van der Waals surface area contributed by atoms with Crippen LogP contribution in [0.1, 0.15) is 38.6 Å². The Morgan fingerprint density at radius 3 is 2.49 bits per heavy atom. The van der Waals surface area contributed by atoms with Gasteiger partial charge < -0.3 is 25.5 Å². The van der Waals surface area contributed by atoms with Crippen LogP contribution in [0, 0.1) is 13.8 Å². The van der Waals surface area contributed by atoms with E-state index in [0.717, 1.165) is 16.1 Å². The van der Waals surface area contributed by atoms with Gasteiger partial charge in [0.2, 0.25) is 0 Å². The van der Waals surface area contributed by atoms with Crippen molar-refractivity contribution >= 4 is 32.8 Å². The van der Waals surface area contributed by atoms with Gasteiger partial charge >= 0.3 is 15.6 Å². The van der Waals surface area contributed by atoms with E-state index in [9.17, 15) is 19.1 Å². The topological polar surface area (TPSA) is 189 Å². The van der Waals surface area contributed by atoms with Crippen LogP contribution in [0.2, 0.25) is 0 Å². The largest absolute Gasteiger partial charge is 0.481 e. The van der Waals surface area contributed by atoms with Crippen LogP contribution in [0.3, 0.4) is 0 Å². The first kappa shape index (κ1) is 27.5. The summed E-state index contributed by atoms with van der Waals surface area (Å²) in [5.74, 6) is 0.853. The SMILES string of the molecule is Cc1ncc(C[n+]2c(C(O)Cc3ccccc3)sc(CCOP(=O)(O)OP(=O)(O)O)c2C)c(N)n1. The quantitative estimate of drug-likeness (QED) is 0.175. The van der Waals surface area contributed by atoms with Gasteiger partial charge in [-0.2, -0.15) is 8.88 Å². The Hall–Kier alpha value is -2.05. The normalized spacial score (nSPS) is 14.6. The molecule has 0 aliphatic heterocycles. The van der Waals surface area contributed by atoms with E-state index in [4.69, 9.17) is 20.0 Å². The van der Waals surface area contributed by atoms with Crippen molar-refractivity contribution < 1.29 is 42.3 Å². The van der Waals surface area contributed by atoms with E-state index < -0.39 is 21.7 Å². The molecule has 0 spiro atoms. The second-order valence-electron chi connectivity index (χ2n) is 7.69. The lowest BCUT2D eigenvalue weighted by atomic mass is 10.1. The number of aliphatic hydroxyl groups is 1. The minimum atomic E-state index is -5.20. The molecule has 15 heteroatoms. The molecule has 6 N–H and O–H groups in total. The van der Waals surface area contributed by atoms with E-state index in [1.54, 1.807) is 13.1 Å². The molecule has 3 aromatic rings. The molecule has 2 aromatic heterocycles. The van der Waals surface area contributed by atoms with E-state index in [-0.39, 0.29) is 19.6 Å². The standard InChI is InChI=1S/C20H26N4O8P2S/c1-13-18(8-9-31-34(29,30)32-33(26,27)28)35-20(17(25)10-15-6-4-3-5-7-15)24(13)12-16-11-22-14(2)23-19(16)21/h3-7,11,17,25H,8-10,12H2,1-2H3,(H4-,21,22,23,26,27,28,29,30)/p+1. The van der Waals surface area contributed by atoms with E-state index >= 15 is 0 Å². The number of rotatable bonds is 11. The number of phosphoric ester groups is 1. The highest BCUT2D eigenvalue weighted by Crippen LogP contribution is 2.57. The van der Waals surface area contributed by atoms with Crippen molar-refractivity contribution in [2.75, 3.05) is 12.3 Å². The minimum Gasteiger partial charge on any atom is -0.383 e. The predicted molar refractivity (Wildman–Crippen MR) is 127 cm³/mol. The Morgan fingerprint density at radius 1 is 1.17 bits per heavy atom. The minimum absolute atomic E-state index is 0.128. The van der Waals surface area contributed by atoms with E-state index in [0.29, 0.717) is 28.6 Å². The maximum Gasteiger partial charge on any atom is 0.481 e. The van der Waals surface area contributed by atoms with Crippen molar-refractivity contribution in [3.63, 3.8) is 0 Å². The number of anilines is 1. The lowest BCUT2D eigenvalue weighted by Gasteiger charge is -2.11. The Bertz CT molecular complexity index is 1270. The van der Waals surface area contributed by atoms with Gasteiger partial charge in [0.1, 0.15) is 11.6 Å². The number of aromatic nitrogens is 3. The zero-order valence-corrected chi connectivity index (χ0v) is 21.6. The molecule has 35 heavy (non-hydrogen) atoms. The average Bonchev–Trinajstić information content (AvgIpc) is 3.04. The number of benzene rings is 1. The molecule has 0 saturated carbocycles. The molecule has 2 heterocycles. The van der Waals surface area contributed by atoms with Crippen LogP contribution in [0.4, 0.5) is 5.82 Å². The fourth-order valence-corrected chi connectivity index (χ4v) is 6.20. The number of nitrogens with zero attached hydrogens (tertiary/aromatic N) is 3. The first-order valence-electron chi connectivity index (χ1n) is 10.4. The summed E-state index contributed by atoms with van der Waals surface area (Å²) < 4.78 is 33.0. The molecular formula is C20H27N4O8P2S+. The second-order valence-corrected chi connectivity index (χ2v) is 11.6. The molecule has 0 saturated heterocycles. The third kappa shape index (κ3) is 7.97. The summed E-state index contributed by atoms with van der Waals surface area (Å²) in [6.07, 6.45) is 1.26. The Morgan fingerprint density at radius 2 is 1.86 bits per heavy atom. The zero-order chi connectivity index (χ0) is 25.8. The summed E-state index contributed by atoms with van der Waals surface area (Å²) in [6.45, 7) is 3.49. The van der Waals surface area contributed by atoms with Crippen molar-refractivity contribution in [2.45, 2.75) is 39.3 Å². The maximum atomic E-state index is 11.7. The van der Waals surface area contributed by atoms with E-state index in [1.807, 2.05) is 41.8 Å². The number of hydrogen-bond donors (Lipinski definition) is 5. The van der Waals surface area contributed by atoms with Crippen LogP contribution in [0.25, 0.3) is 0 Å². The number of nitrogens with two attached hydrogens (primary N) is 1. The molecule has 0 radical (unpaired) electrons. The van der Waals surface area contributed by atoms with E-state index in [2.05, 4.69) is 14.3 Å². The highest BCUT2D eigenvalue weighted by Gasteiger charge is 2.33. The first-order valence-corrected chi connectivity index (χ1v) is 14.2. The molecule has 0 bridgehead atoms. The summed E-state index contributed by atoms with van der Waals surface area (Å²) in [4.78, 5) is 36.1. The van der Waals surface area contributed by atoms with Gasteiger partial charge in [0.25, 0.3) is 5.01 Å². The number of nitrogen functional groups attached to an aromatic ring is 1. The van der Waals surface area contributed by atoms with Crippen LogP contribution in [-0.4, -0.2) is 36.4 Å². The fraction of sp³-hybridized carbons (Fsp3) is 0.350. The van der Waals surface area contributed by atoms with Crippen molar-refractivity contribution in [2.24, 2.45) is 0 Å². The van der Waals surface area contributed by atoms with Crippen molar-refractivity contribution in [1.82, 2.24) is 9.97 Å². The molecule has 0 aliphatic carbocycles. The number of hydrogen-bond acceptors (Lipinski definition) is 9. The summed E-state index contributed by atoms with van der Waals surface area (Å²) in [5.41, 5.74) is 8.43. The van der Waals surface area contributed by atoms with Gasteiger partial charge in [-0.15, -0.1) is 0 Å². The van der Waals surface area contributed by atoms with Crippen LogP contribution in [-0.2, 0) is 37.4 Å². The van der Waals surface area contributed by atoms with E-state index in [1.165, 1.54) is 11.3 Å². The molecule has 0 fully saturated rings. The van der Waals surface area contributed by atoms with Crippen LogP contribution in [0.5, 0.6) is 0 Å². The molecule has 2 unspecified atom stereocenters. The molecule has 2 atom stereocenters. The predicted octanol–water partition coefficient (Wildman–Crippen LogP) is 2.12. The van der Waals surface area contributed by atoms with Gasteiger partial charge in [0.15, 0.2) is 18.3 Å². The summed E-state index contributed by atoms with van der Waals surface area (Å²) >= 11 is 1.29. The van der Waals surface area contributed by atoms with Gasteiger partial charge in [-0.1, -0.05) is 41.7 Å². The Balaban J connectivity index is 1.86. The number of aryl methyl sites for hydroxylation is 1. The second kappa shape index (κ2) is 11.3. The number of thiazole rings is 1. The molecule has 0 amide bonds. The van der Waals surface area contributed by atoms with Gasteiger partial charge in [-0.05, 0) is 12.5 Å². The lowest BCUT2D eigenvalue weighted by Crippen LogP contribution is -2.41. The highest BCUT2D eigenvalue weighted by molar-refractivity contribution is 7.60. The Kier molecular flexibility index (Phi) is 8.92. The monoisotopic (exact) mass is 545 g/mol. The summed E-state index contributed by atoms with van der Waals surface area (Å²) in [5, 5.41) is 11.7. The third-order valence-electron chi connectivity index (χ3n) is 5.00. The van der Waals surface area contributed by atoms with Gasteiger partial charge in [-0.25, -0.2) is 19.1 Å². The highest BCUT2D eigenvalue weighted by atomic mass is 32.1. The molecule has 190 valence electrons. The average molecular weight is 545 g/mol. The molecule has 1 aromatic carbocycles. The van der Waals surface area contributed by atoms with Crippen LogP contribution >= 0.6 is 27.0 Å². The molecule has 3 rings (SSSR count). The van der Waals surface area contributed by atoms with Crippen LogP contribution in [0.15, 0.2) is 36.5 Å². The first-order chi connectivity index (χ1) is 16.3. The molecular weight excluding hydrogens is 518 g/mol. The molecule has 12 nitrogen and oxygen atoms in total. The molecule has 0 aliphatic rings. The van der Waals surface area contributed by atoms with Crippen molar-refractivity contribution in [1.29, 1.82) is 0 Å². The zero-order valence-electron chi connectivity index (χ0n) is 19.0. The summed E-state index contributed by atoms with van der Waals surface area (Å²) in [6, 6.07) is 9.48. The van der Waals surface area contributed by atoms with Gasteiger partial charge in [-0.3, -0.25) is 4.52 Å².